The Morgan fingerprint density at radius 2 is 1.97 bits per heavy atom. The van der Waals surface area contributed by atoms with Gasteiger partial charge in [0.25, 0.3) is 0 Å². The molecule has 9 nitrogen and oxygen atoms in total. The van der Waals surface area contributed by atoms with Crippen LogP contribution in [0.1, 0.15) is 44.8 Å². The van der Waals surface area contributed by atoms with E-state index in [1.807, 2.05) is 6.07 Å². The second-order valence-corrected chi connectivity index (χ2v) is 9.80. The number of nitrogens with zero attached hydrogens (tertiary/aromatic N) is 3. The van der Waals surface area contributed by atoms with Crippen molar-refractivity contribution in [2.75, 3.05) is 49.7 Å². The van der Waals surface area contributed by atoms with Gasteiger partial charge in [-0.2, -0.15) is 4.98 Å². The first-order chi connectivity index (χ1) is 17.0. The second kappa shape index (κ2) is 14.8. The molecule has 3 rings (SSSR count). The van der Waals surface area contributed by atoms with Crippen LogP contribution < -0.4 is 21.6 Å². The molecule has 35 heavy (non-hydrogen) atoms. The fraction of sp³-hybridized carbons (Fsp3) is 0.560. The molecule has 1 aromatic heterocycles. The number of carbonyl (C=O) groups excluding carboxylic acids is 1. The number of carbonyl (C=O) groups is 1. The van der Waals surface area contributed by atoms with Gasteiger partial charge in [0, 0.05) is 37.7 Å². The normalized spacial score (nSPS) is 17.4. The first kappa shape index (κ1) is 27.0. The minimum Gasteiger partial charge on any atom is -0.462 e. The largest absolute Gasteiger partial charge is 0.462 e. The molecule has 0 spiro atoms. The van der Waals surface area contributed by atoms with Crippen LogP contribution in [0.4, 0.5) is 11.5 Å². The molecule has 10 heteroatoms. The fourth-order valence-corrected chi connectivity index (χ4v) is 4.78. The highest BCUT2D eigenvalue weighted by atomic mass is 32.2. The number of unbranched alkanes of at least 4 members (excludes halogenated alkanes) is 3. The Hall–Kier alpha value is -2.56. The molecule has 0 radical (unpaired) electrons. The summed E-state index contributed by atoms with van der Waals surface area (Å²) in [7, 11) is 2.14. The Morgan fingerprint density at radius 3 is 2.74 bits per heavy atom. The number of nitrogens with one attached hydrogen (secondary N) is 1. The lowest BCUT2D eigenvalue weighted by atomic mass is 10.2. The molecule has 0 amide bonds. The van der Waals surface area contributed by atoms with E-state index in [4.69, 9.17) is 15.2 Å². The van der Waals surface area contributed by atoms with Crippen molar-refractivity contribution in [2.45, 2.75) is 50.2 Å². The van der Waals surface area contributed by atoms with Crippen molar-refractivity contribution in [1.82, 2.24) is 14.9 Å². The Bertz CT molecular complexity index is 958. The van der Waals surface area contributed by atoms with Crippen LogP contribution in [0, 0.1) is 0 Å². The van der Waals surface area contributed by atoms with Crippen LogP contribution in [0.2, 0.25) is 0 Å². The molecule has 2 aromatic rings. The number of hydrogen-bond acceptors (Lipinski definition) is 9. The highest BCUT2D eigenvalue weighted by Crippen LogP contribution is 2.31. The fourth-order valence-electron chi connectivity index (χ4n) is 3.79. The minimum atomic E-state index is -0.447. The zero-order valence-electron chi connectivity index (χ0n) is 20.4. The molecule has 0 saturated carbocycles. The highest BCUT2D eigenvalue weighted by Gasteiger charge is 2.29. The van der Waals surface area contributed by atoms with E-state index < -0.39 is 11.9 Å². The van der Waals surface area contributed by atoms with Crippen LogP contribution in [0.15, 0.2) is 47.4 Å². The van der Waals surface area contributed by atoms with Crippen molar-refractivity contribution in [1.29, 1.82) is 0 Å². The van der Waals surface area contributed by atoms with Crippen LogP contribution in [0.5, 0.6) is 0 Å². The number of hydrogen-bond donors (Lipinski definition) is 2. The zero-order chi connectivity index (χ0) is 24.9. The maximum atomic E-state index is 12.0. The van der Waals surface area contributed by atoms with Gasteiger partial charge in [0.2, 0.25) is 0 Å². The summed E-state index contributed by atoms with van der Waals surface area (Å²) in [5, 5.41) is 3.45. The molecule has 2 atom stereocenters. The van der Waals surface area contributed by atoms with Crippen molar-refractivity contribution in [3.8, 4) is 0 Å². The van der Waals surface area contributed by atoms with Crippen molar-refractivity contribution in [3.05, 3.63) is 53.1 Å². The Kier molecular flexibility index (Phi) is 11.4. The smallest absolute Gasteiger partial charge is 0.351 e. The Labute approximate surface area is 211 Å². The van der Waals surface area contributed by atoms with Crippen LogP contribution in [-0.2, 0) is 14.3 Å². The molecule has 1 aliphatic heterocycles. The van der Waals surface area contributed by atoms with Crippen LogP contribution >= 0.6 is 11.8 Å². The lowest BCUT2D eigenvalue weighted by Crippen LogP contribution is -2.29. The van der Waals surface area contributed by atoms with Gasteiger partial charge in [0.05, 0.1) is 0 Å². The summed E-state index contributed by atoms with van der Waals surface area (Å²) in [6, 6.07) is 12.0. The molecule has 1 aliphatic rings. The third-order valence-corrected chi connectivity index (χ3v) is 6.90. The summed E-state index contributed by atoms with van der Waals surface area (Å²) in [5.74, 6) is 0.551. The van der Waals surface area contributed by atoms with Gasteiger partial charge in [0.15, 0.2) is 0 Å². The number of esters is 1. The van der Waals surface area contributed by atoms with E-state index >= 15 is 0 Å². The van der Waals surface area contributed by atoms with Gasteiger partial charge in [0.1, 0.15) is 24.1 Å². The summed E-state index contributed by atoms with van der Waals surface area (Å²) in [4.78, 5) is 29.9. The maximum absolute atomic E-state index is 12.0. The van der Waals surface area contributed by atoms with E-state index in [2.05, 4.69) is 46.5 Å². The van der Waals surface area contributed by atoms with Gasteiger partial charge in [-0.1, -0.05) is 24.6 Å². The quantitative estimate of drug-likeness (QED) is 0.280. The predicted octanol–water partition coefficient (Wildman–Crippen LogP) is 3.02. The molecule has 2 unspecified atom stereocenters. The highest BCUT2D eigenvalue weighted by molar-refractivity contribution is 8.00. The Morgan fingerprint density at radius 1 is 1.20 bits per heavy atom. The maximum Gasteiger partial charge on any atom is 0.351 e. The summed E-state index contributed by atoms with van der Waals surface area (Å²) in [6.45, 7) is 3.15. The zero-order valence-corrected chi connectivity index (χ0v) is 21.3. The van der Waals surface area contributed by atoms with Gasteiger partial charge in [-0.05, 0) is 57.0 Å². The standard InChI is InChI=1S/C25H37N5O4S/c1-29(20-10-4-2-5-11-20)16-9-3-7-14-27-15-8-6-12-23(31)33-18-24-34-22(19-35-24)30-17-13-21(26)28-25(30)32/h2,4-5,10-11,13,17,22,24,27H,3,6-9,12,14-16,18-19H2,1H3,(H2,26,28,32). The number of aromatic nitrogens is 2. The molecular weight excluding hydrogens is 466 g/mol. The van der Waals surface area contributed by atoms with Crippen molar-refractivity contribution < 1.29 is 14.3 Å². The number of benzene rings is 1. The molecule has 0 bridgehead atoms. The van der Waals surface area contributed by atoms with E-state index in [9.17, 15) is 9.59 Å². The van der Waals surface area contributed by atoms with Crippen molar-refractivity contribution in [2.24, 2.45) is 0 Å². The number of anilines is 2. The van der Waals surface area contributed by atoms with E-state index in [1.165, 1.54) is 34.9 Å². The van der Waals surface area contributed by atoms with Gasteiger partial charge < -0.3 is 25.4 Å². The molecule has 0 aliphatic carbocycles. The van der Waals surface area contributed by atoms with E-state index in [-0.39, 0.29) is 23.8 Å². The number of para-hydroxylation sites is 1. The number of thioether (sulfide) groups is 1. The third kappa shape index (κ3) is 9.54. The molecular formula is C25H37N5O4S. The van der Waals surface area contributed by atoms with Crippen LogP contribution in [0.3, 0.4) is 0 Å². The van der Waals surface area contributed by atoms with Gasteiger partial charge in [-0.25, -0.2) is 4.79 Å². The summed E-state index contributed by atoms with van der Waals surface area (Å²) in [5.41, 5.74) is 6.04. The predicted molar refractivity (Wildman–Crippen MR) is 141 cm³/mol. The summed E-state index contributed by atoms with van der Waals surface area (Å²) < 4.78 is 12.6. The summed E-state index contributed by atoms with van der Waals surface area (Å²) in [6.07, 6.45) is 6.80. The average molecular weight is 504 g/mol. The van der Waals surface area contributed by atoms with Gasteiger partial charge in [-0.3, -0.25) is 9.36 Å². The van der Waals surface area contributed by atoms with Gasteiger partial charge >= 0.3 is 11.7 Å². The average Bonchev–Trinajstić information content (AvgIpc) is 3.33. The minimum absolute atomic E-state index is 0.175. The third-order valence-electron chi connectivity index (χ3n) is 5.80. The van der Waals surface area contributed by atoms with E-state index in [0.29, 0.717) is 12.2 Å². The number of nitrogens with two attached hydrogens (primary N) is 1. The summed E-state index contributed by atoms with van der Waals surface area (Å²) >= 11 is 1.51. The molecule has 1 aromatic carbocycles. The number of nitrogen functional groups attached to an aromatic ring is 1. The van der Waals surface area contributed by atoms with Crippen LogP contribution in [0.25, 0.3) is 0 Å². The van der Waals surface area contributed by atoms with Crippen molar-refractivity contribution >= 4 is 29.2 Å². The topological polar surface area (TPSA) is 112 Å². The van der Waals surface area contributed by atoms with E-state index in [1.54, 1.807) is 12.3 Å². The van der Waals surface area contributed by atoms with Gasteiger partial charge in [-0.15, -0.1) is 11.8 Å². The van der Waals surface area contributed by atoms with Crippen molar-refractivity contribution in [3.63, 3.8) is 0 Å². The number of rotatable bonds is 15. The van der Waals surface area contributed by atoms with Crippen LogP contribution in [-0.4, -0.2) is 60.0 Å². The lowest BCUT2D eigenvalue weighted by molar-refractivity contribution is -0.147. The monoisotopic (exact) mass is 503 g/mol. The molecule has 192 valence electrons. The van der Waals surface area contributed by atoms with E-state index in [0.717, 1.165) is 38.9 Å². The SMILES string of the molecule is CN(CCCCCNCCCCC(=O)OCC1OC(n2ccc(N)nc2=O)CS1)c1ccccc1. The number of ether oxygens (including phenoxy) is 2. The second-order valence-electron chi connectivity index (χ2n) is 8.60. The lowest BCUT2D eigenvalue weighted by Gasteiger charge is -2.19. The first-order valence-corrected chi connectivity index (χ1v) is 13.3. The molecule has 1 fully saturated rings. The first-order valence-electron chi connectivity index (χ1n) is 12.3. The molecule has 3 N–H and O–H groups in total. The Balaban J connectivity index is 1.15. The molecule has 1 saturated heterocycles. The molecule has 2 heterocycles.